The van der Waals surface area contributed by atoms with Gasteiger partial charge in [-0.15, -0.1) is 0 Å². The number of fused-ring (bicyclic) bond motifs is 1. The third kappa shape index (κ3) is 5.68. The van der Waals surface area contributed by atoms with E-state index in [0.717, 1.165) is 5.57 Å². The number of esters is 3. The molecule has 2 rings (SSSR count). The van der Waals surface area contributed by atoms with Gasteiger partial charge in [0.25, 0.3) is 0 Å². The van der Waals surface area contributed by atoms with Crippen LogP contribution in [0.4, 0.5) is 0 Å². The third-order valence-corrected chi connectivity index (χ3v) is 4.95. The molecule has 1 unspecified atom stereocenters. The molecule has 1 aliphatic carbocycles. The van der Waals surface area contributed by atoms with Crippen LogP contribution in [-0.4, -0.2) is 38.2 Å². The summed E-state index contributed by atoms with van der Waals surface area (Å²) >= 11 is 0. The predicted molar refractivity (Wildman–Crippen MR) is 104 cm³/mol. The number of methoxy groups -OCH3 is 2. The number of carbonyl (C=O) groups excluding carboxylic acids is 3. The fourth-order valence-electron chi connectivity index (χ4n) is 3.26. The Balaban J connectivity index is 2.42. The van der Waals surface area contributed by atoms with Gasteiger partial charge in [0.2, 0.25) is 0 Å². The second kappa shape index (κ2) is 10.1. The summed E-state index contributed by atoms with van der Waals surface area (Å²) in [6.45, 7) is 4.13. The zero-order valence-electron chi connectivity index (χ0n) is 16.9. The van der Waals surface area contributed by atoms with Gasteiger partial charge in [0, 0.05) is 23.1 Å². The van der Waals surface area contributed by atoms with Crippen LogP contribution in [0.25, 0.3) is 0 Å². The second-order valence-corrected chi connectivity index (χ2v) is 7.18. The summed E-state index contributed by atoms with van der Waals surface area (Å²) in [5, 5.41) is 0. The molecule has 0 spiro atoms. The highest BCUT2D eigenvalue weighted by Gasteiger charge is 2.27. The Morgan fingerprint density at radius 2 is 1.71 bits per heavy atom. The Hall–Kier alpha value is -2.63. The summed E-state index contributed by atoms with van der Waals surface area (Å²) in [6.07, 6.45) is 9.22. The Bertz CT molecular complexity index is 751. The number of carbonyl (C=O) groups is 3. The van der Waals surface area contributed by atoms with E-state index in [1.165, 1.54) is 14.2 Å². The first-order chi connectivity index (χ1) is 13.3. The van der Waals surface area contributed by atoms with E-state index in [1.807, 2.05) is 12.2 Å². The summed E-state index contributed by atoms with van der Waals surface area (Å²) in [4.78, 5) is 36.4. The van der Waals surface area contributed by atoms with Gasteiger partial charge in [0.1, 0.15) is 6.10 Å². The molecule has 152 valence electrons. The molecule has 0 aromatic rings. The fourth-order valence-corrected chi connectivity index (χ4v) is 3.26. The Morgan fingerprint density at radius 3 is 2.36 bits per heavy atom. The number of rotatable bonds is 3. The second-order valence-electron chi connectivity index (χ2n) is 7.18. The Kier molecular flexibility index (Phi) is 7.79. The maximum absolute atomic E-state index is 12.2. The minimum atomic E-state index is -0.490. The zero-order chi connectivity index (χ0) is 20.7. The smallest absolute Gasteiger partial charge is 0.334 e. The van der Waals surface area contributed by atoms with Crippen molar-refractivity contribution in [1.29, 1.82) is 0 Å². The van der Waals surface area contributed by atoms with Crippen LogP contribution in [0.3, 0.4) is 0 Å². The lowest BCUT2D eigenvalue weighted by Gasteiger charge is -2.13. The summed E-state index contributed by atoms with van der Waals surface area (Å²) in [5.74, 6) is -0.936. The SMILES string of the molecule is COC(=O)C1=CCCC2=CC(C/C(C(=O)OC)=C/C=C(/C(C)C)CC1)OC2=O. The number of hydrogen-bond donors (Lipinski definition) is 0. The van der Waals surface area contributed by atoms with Gasteiger partial charge >= 0.3 is 17.9 Å². The first kappa shape index (κ1) is 21.7. The zero-order valence-corrected chi connectivity index (χ0v) is 16.9. The topological polar surface area (TPSA) is 78.9 Å². The van der Waals surface area contributed by atoms with Crippen LogP contribution in [0, 0.1) is 5.92 Å². The van der Waals surface area contributed by atoms with Crippen LogP contribution in [-0.2, 0) is 28.6 Å². The van der Waals surface area contributed by atoms with E-state index in [-0.39, 0.29) is 24.3 Å². The quantitative estimate of drug-likeness (QED) is 0.543. The average molecular weight is 388 g/mol. The van der Waals surface area contributed by atoms with Gasteiger partial charge in [-0.25, -0.2) is 14.4 Å². The molecule has 6 heteroatoms. The van der Waals surface area contributed by atoms with Crippen molar-refractivity contribution >= 4 is 17.9 Å². The van der Waals surface area contributed by atoms with Crippen LogP contribution in [0.15, 0.2) is 46.6 Å². The third-order valence-electron chi connectivity index (χ3n) is 4.95. The lowest BCUT2D eigenvalue weighted by atomic mass is 9.93. The monoisotopic (exact) mass is 388 g/mol. The van der Waals surface area contributed by atoms with E-state index >= 15 is 0 Å². The van der Waals surface area contributed by atoms with Crippen molar-refractivity contribution in [3.63, 3.8) is 0 Å². The van der Waals surface area contributed by atoms with Crippen LogP contribution in [0.2, 0.25) is 0 Å². The number of allylic oxidation sites excluding steroid dienone is 4. The first-order valence-corrected chi connectivity index (χ1v) is 9.52. The van der Waals surface area contributed by atoms with E-state index in [9.17, 15) is 14.4 Å². The molecule has 0 amide bonds. The highest BCUT2D eigenvalue weighted by Crippen LogP contribution is 2.26. The van der Waals surface area contributed by atoms with Gasteiger partial charge in [-0.1, -0.05) is 37.6 Å². The van der Waals surface area contributed by atoms with Gasteiger partial charge < -0.3 is 14.2 Å². The molecular formula is C22H28O6. The first-order valence-electron chi connectivity index (χ1n) is 9.52. The van der Waals surface area contributed by atoms with Gasteiger partial charge in [-0.2, -0.15) is 0 Å². The van der Waals surface area contributed by atoms with Crippen LogP contribution < -0.4 is 0 Å². The van der Waals surface area contributed by atoms with E-state index < -0.39 is 12.1 Å². The minimum Gasteiger partial charge on any atom is -0.466 e. The molecule has 1 heterocycles. The van der Waals surface area contributed by atoms with E-state index in [1.54, 1.807) is 12.2 Å². The largest absolute Gasteiger partial charge is 0.466 e. The van der Waals surface area contributed by atoms with E-state index in [4.69, 9.17) is 14.2 Å². The lowest BCUT2D eigenvalue weighted by molar-refractivity contribution is -0.141. The molecule has 6 nitrogen and oxygen atoms in total. The van der Waals surface area contributed by atoms with Crippen molar-refractivity contribution in [1.82, 2.24) is 0 Å². The molecule has 0 saturated heterocycles. The normalized spacial score (nSPS) is 24.6. The summed E-state index contributed by atoms with van der Waals surface area (Å²) in [6, 6.07) is 0. The molecule has 2 aliphatic rings. The van der Waals surface area contributed by atoms with Crippen molar-refractivity contribution in [3.8, 4) is 0 Å². The van der Waals surface area contributed by atoms with Crippen LogP contribution in [0.5, 0.6) is 0 Å². The molecule has 1 aliphatic heterocycles. The maximum Gasteiger partial charge on any atom is 0.334 e. The van der Waals surface area contributed by atoms with Gasteiger partial charge in [-0.3, -0.25) is 0 Å². The molecule has 0 aromatic carbocycles. The van der Waals surface area contributed by atoms with Crippen molar-refractivity contribution in [2.75, 3.05) is 14.2 Å². The molecule has 0 saturated carbocycles. The van der Waals surface area contributed by atoms with E-state index in [0.29, 0.717) is 42.4 Å². The van der Waals surface area contributed by atoms with E-state index in [2.05, 4.69) is 13.8 Å². The van der Waals surface area contributed by atoms with Crippen LogP contribution in [0.1, 0.15) is 46.0 Å². The standard InChI is InChI=1S/C22H28O6/c1-14(2)15-8-10-16(20(23)26-3)6-5-7-17-12-19(28-22(17)25)13-18(11-9-15)21(24)27-4/h6,9,11-12,14,19H,5,7-8,10,13H2,1-4H3/b15-9+,16-6?,18-11-. The molecule has 0 N–H and O–H groups in total. The predicted octanol–water partition coefficient (Wildman–Crippen LogP) is 3.58. The summed E-state index contributed by atoms with van der Waals surface area (Å²) in [5.41, 5.74) is 2.70. The molecule has 0 aromatic heterocycles. The summed E-state index contributed by atoms with van der Waals surface area (Å²) < 4.78 is 15.2. The van der Waals surface area contributed by atoms with Gasteiger partial charge in [-0.05, 0) is 37.7 Å². The highest BCUT2D eigenvalue weighted by atomic mass is 16.5. The highest BCUT2D eigenvalue weighted by molar-refractivity contribution is 5.92. The van der Waals surface area contributed by atoms with Crippen molar-refractivity contribution in [3.05, 3.63) is 46.6 Å². The van der Waals surface area contributed by atoms with Crippen LogP contribution >= 0.6 is 0 Å². The van der Waals surface area contributed by atoms with Crippen molar-refractivity contribution in [2.24, 2.45) is 5.92 Å². The number of hydrogen-bond acceptors (Lipinski definition) is 6. The maximum atomic E-state index is 12.2. The van der Waals surface area contributed by atoms with Gasteiger partial charge in [0.15, 0.2) is 0 Å². The van der Waals surface area contributed by atoms with Crippen molar-refractivity contribution < 1.29 is 28.6 Å². The molecular weight excluding hydrogens is 360 g/mol. The number of ether oxygens (including phenoxy) is 3. The Labute approximate surface area is 165 Å². The molecule has 1 atom stereocenters. The lowest BCUT2D eigenvalue weighted by Crippen LogP contribution is -2.14. The molecule has 28 heavy (non-hydrogen) atoms. The van der Waals surface area contributed by atoms with Crippen molar-refractivity contribution in [2.45, 2.75) is 52.1 Å². The summed E-state index contributed by atoms with van der Waals surface area (Å²) in [7, 11) is 2.69. The fraction of sp³-hybridized carbons (Fsp3) is 0.500. The molecule has 0 radical (unpaired) electrons. The minimum absolute atomic E-state index is 0.248. The van der Waals surface area contributed by atoms with Gasteiger partial charge in [0.05, 0.1) is 14.2 Å². The molecule has 2 bridgehead atoms. The molecule has 0 fully saturated rings. The Morgan fingerprint density at radius 1 is 1.04 bits per heavy atom. The average Bonchev–Trinajstić information content (AvgIpc) is 3.02.